The van der Waals surface area contributed by atoms with Crippen molar-refractivity contribution in [1.82, 2.24) is 4.83 Å². The molecule has 6 nitrogen and oxygen atoms in total. The Morgan fingerprint density at radius 3 is 2.38 bits per heavy atom. The third-order valence-electron chi connectivity index (χ3n) is 3.42. The van der Waals surface area contributed by atoms with Gasteiger partial charge >= 0.3 is 0 Å². The normalized spacial score (nSPS) is 11.8. The summed E-state index contributed by atoms with van der Waals surface area (Å²) in [7, 11) is -3.80. The molecule has 0 unspecified atom stereocenters. The van der Waals surface area contributed by atoms with Gasteiger partial charge in [0, 0.05) is 0 Å². The standard InChI is InChI=1S/C17H14N2O4S/c20-16-8-5-12(9-17(16)21)11-18-19-24(22,23)15-7-6-13-3-1-2-4-14(13)10-15/h1-11,19-21H/b18-11-. The minimum absolute atomic E-state index is 0.104. The number of sulfonamides is 1. The van der Waals surface area contributed by atoms with Crippen molar-refractivity contribution in [1.29, 1.82) is 0 Å². The minimum atomic E-state index is -3.80. The van der Waals surface area contributed by atoms with Crippen LogP contribution in [-0.2, 0) is 10.0 Å². The average molecular weight is 342 g/mol. The first kappa shape index (κ1) is 15.8. The number of phenols is 2. The molecule has 0 bridgehead atoms. The fourth-order valence-electron chi connectivity index (χ4n) is 2.18. The van der Waals surface area contributed by atoms with Gasteiger partial charge in [-0.05, 0) is 46.7 Å². The van der Waals surface area contributed by atoms with Gasteiger partial charge in [-0.3, -0.25) is 0 Å². The lowest BCUT2D eigenvalue weighted by Crippen LogP contribution is -2.18. The number of nitrogens with one attached hydrogen (secondary N) is 1. The van der Waals surface area contributed by atoms with Gasteiger partial charge in [0.05, 0.1) is 11.1 Å². The quantitative estimate of drug-likeness (QED) is 0.385. The molecule has 0 atom stereocenters. The molecule has 3 rings (SSSR count). The zero-order valence-corrected chi connectivity index (χ0v) is 13.2. The third-order valence-corrected chi connectivity index (χ3v) is 4.64. The van der Waals surface area contributed by atoms with E-state index >= 15 is 0 Å². The largest absolute Gasteiger partial charge is 0.504 e. The van der Waals surface area contributed by atoms with E-state index in [9.17, 15) is 18.6 Å². The molecule has 24 heavy (non-hydrogen) atoms. The minimum Gasteiger partial charge on any atom is -0.504 e. The molecular formula is C17H14N2O4S. The van der Waals surface area contributed by atoms with Gasteiger partial charge in [-0.25, -0.2) is 4.83 Å². The van der Waals surface area contributed by atoms with E-state index in [2.05, 4.69) is 9.93 Å². The molecule has 0 aliphatic rings. The summed E-state index contributed by atoms with van der Waals surface area (Å²) in [5.74, 6) is -0.569. The van der Waals surface area contributed by atoms with Gasteiger partial charge in [0.2, 0.25) is 0 Å². The number of fused-ring (bicyclic) bond motifs is 1. The van der Waals surface area contributed by atoms with Crippen LogP contribution in [0.5, 0.6) is 11.5 Å². The predicted octanol–water partition coefficient (Wildman–Crippen LogP) is 2.56. The van der Waals surface area contributed by atoms with Crippen LogP contribution in [0.3, 0.4) is 0 Å². The van der Waals surface area contributed by atoms with Crippen LogP contribution in [-0.4, -0.2) is 24.8 Å². The Morgan fingerprint density at radius 1 is 0.875 bits per heavy atom. The zero-order valence-electron chi connectivity index (χ0n) is 12.4. The molecule has 0 radical (unpaired) electrons. The monoisotopic (exact) mass is 342 g/mol. The van der Waals surface area contributed by atoms with Gasteiger partial charge in [-0.15, -0.1) is 0 Å². The molecule has 122 valence electrons. The number of nitrogens with zero attached hydrogens (tertiary/aromatic N) is 1. The van der Waals surface area contributed by atoms with Crippen molar-refractivity contribution in [3.8, 4) is 11.5 Å². The van der Waals surface area contributed by atoms with E-state index in [0.29, 0.717) is 5.56 Å². The van der Waals surface area contributed by atoms with Crippen LogP contribution in [0.15, 0.2) is 70.7 Å². The van der Waals surface area contributed by atoms with Crippen molar-refractivity contribution in [2.24, 2.45) is 5.10 Å². The number of rotatable bonds is 4. The first-order chi connectivity index (χ1) is 11.5. The van der Waals surface area contributed by atoms with Crippen LogP contribution >= 0.6 is 0 Å². The summed E-state index contributed by atoms with van der Waals surface area (Å²) < 4.78 is 24.5. The average Bonchev–Trinajstić information content (AvgIpc) is 2.57. The smallest absolute Gasteiger partial charge is 0.276 e. The Morgan fingerprint density at radius 2 is 1.62 bits per heavy atom. The van der Waals surface area contributed by atoms with Crippen molar-refractivity contribution >= 4 is 27.0 Å². The van der Waals surface area contributed by atoms with E-state index < -0.39 is 10.0 Å². The fourth-order valence-corrected chi connectivity index (χ4v) is 3.00. The first-order valence-corrected chi connectivity index (χ1v) is 8.50. The number of benzene rings is 3. The number of hydrogen-bond donors (Lipinski definition) is 3. The Labute approximate surface area is 138 Å². The van der Waals surface area contributed by atoms with Crippen molar-refractivity contribution in [2.75, 3.05) is 0 Å². The molecule has 3 N–H and O–H groups in total. The maximum Gasteiger partial charge on any atom is 0.276 e. The molecule has 7 heteroatoms. The molecule has 0 amide bonds. The van der Waals surface area contributed by atoms with Gasteiger partial charge in [0.25, 0.3) is 10.0 Å². The predicted molar refractivity (Wildman–Crippen MR) is 91.6 cm³/mol. The highest BCUT2D eigenvalue weighted by Crippen LogP contribution is 2.24. The summed E-state index contributed by atoms with van der Waals surface area (Å²) in [4.78, 5) is 2.22. The van der Waals surface area contributed by atoms with Gasteiger partial charge in [-0.1, -0.05) is 30.3 Å². The summed E-state index contributed by atoms with van der Waals surface area (Å²) in [5, 5.41) is 24.1. The Balaban J connectivity index is 1.81. The maximum atomic E-state index is 12.3. The molecular weight excluding hydrogens is 328 g/mol. The lowest BCUT2D eigenvalue weighted by Gasteiger charge is -2.05. The van der Waals surface area contributed by atoms with Crippen LogP contribution in [0.25, 0.3) is 10.8 Å². The molecule has 3 aromatic carbocycles. The third kappa shape index (κ3) is 3.31. The van der Waals surface area contributed by atoms with Gasteiger partial charge in [-0.2, -0.15) is 13.5 Å². The lowest BCUT2D eigenvalue weighted by molar-refractivity contribution is 0.403. The molecule has 0 aliphatic heterocycles. The summed E-state index contributed by atoms with van der Waals surface area (Å²) in [5.41, 5.74) is 0.437. The van der Waals surface area contributed by atoms with Gasteiger partial charge in [0.1, 0.15) is 0 Å². The van der Waals surface area contributed by atoms with Crippen LogP contribution in [0, 0.1) is 0 Å². The highest BCUT2D eigenvalue weighted by Gasteiger charge is 2.13. The first-order valence-electron chi connectivity index (χ1n) is 7.01. The van der Waals surface area contributed by atoms with E-state index in [0.717, 1.165) is 10.8 Å². The fraction of sp³-hybridized carbons (Fsp3) is 0. The molecule has 0 fully saturated rings. The van der Waals surface area contributed by atoms with Crippen molar-refractivity contribution in [2.45, 2.75) is 4.90 Å². The number of aromatic hydroxyl groups is 2. The molecule has 0 saturated heterocycles. The Hall–Kier alpha value is -3.06. The summed E-state index contributed by atoms with van der Waals surface area (Å²) in [6.45, 7) is 0. The Kier molecular flexibility index (Phi) is 4.09. The van der Waals surface area contributed by atoms with E-state index in [1.165, 1.54) is 30.5 Å². The second-order valence-corrected chi connectivity index (χ2v) is 6.77. The van der Waals surface area contributed by atoms with Crippen molar-refractivity contribution < 1.29 is 18.6 Å². The molecule has 0 aromatic heterocycles. The van der Waals surface area contributed by atoms with Gasteiger partial charge < -0.3 is 10.2 Å². The lowest BCUT2D eigenvalue weighted by atomic mass is 10.1. The van der Waals surface area contributed by atoms with Gasteiger partial charge in [0.15, 0.2) is 11.5 Å². The molecule has 0 aliphatic carbocycles. The summed E-state index contributed by atoms with van der Waals surface area (Å²) >= 11 is 0. The Bertz CT molecular complexity index is 1030. The van der Waals surface area contributed by atoms with E-state index in [4.69, 9.17) is 0 Å². The number of phenolic OH excluding ortho intramolecular Hbond substituents is 2. The van der Waals surface area contributed by atoms with Crippen molar-refractivity contribution in [3.63, 3.8) is 0 Å². The topological polar surface area (TPSA) is 99.0 Å². The number of hydrogen-bond acceptors (Lipinski definition) is 5. The summed E-state index contributed by atoms with van der Waals surface area (Å²) in [6.07, 6.45) is 1.23. The molecule has 0 saturated carbocycles. The van der Waals surface area contributed by atoms with Crippen LogP contribution < -0.4 is 4.83 Å². The SMILES string of the molecule is O=S(=O)(N/N=C\c1ccc(O)c(O)c1)c1ccc2ccccc2c1. The second kappa shape index (κ2) is 6.21. The maximum absolute atomic E-state index is 12.3. The van der Waals surface area contributed by atoms with Crippen LogP contribution in [0.1, 0.15) is 5.56 Å². The van der Waals surface area contributed by atoms with Crippen LogP contribution in [0.4, 0.5) is 0 Å². The molecule has 3 aromatic rings. The molecule has 0 spiro atoms. The van der Waals surface area contributed by atoms with E-state index in [-0.39, 0.29) is 16.4 Å². The van der Waals surface area contributed by atoms with Crippen LogP contribution in [0.2, 0.25) is 0 Å². The second-order valence-electron chi connectivity index (χ2n) is 5.11. The van der Waals surface area contributed by atoms with E-state index in [1.807, 2.05) is 24.3 Å². The highest BCUT2D eigenvalue weighted by atomic mass is 32.2. The molecule has 0 heterocycles. The highest BCUT2D eigenvalue weighted by molar-refractivity contribution is 7.89. The zero-order chi connectivity index (χ0) is 17.2. The summed E-state index contributed by atoms with van der Waals surface area (Å²) in [6, 6.07) is 16.3. The number of hydrazone groups is 1. The van der Waals surface area contributed by atoms with Crippen molar-refractivity contribution in [3.05, 3.63) is 66.2 Å². The van der Waals surface area contributed by atoms with E-state index in [1.54, 1.807) is 12.1 Å².